The predicted octanol–water partition coefficient (Wildman–Crippen LogP) is 2.54. The fourth-order valence-corrected chi connectivity index (χ4v) is 4.18. The van der Waals surface area contributed by atoms with E-state index in [1.807, 2.05) is 31.7 Å². The van der Waals surface area contributed by atoms with E-state index in [0.717, 1.165) is 37.6 Å². The lowest BCUT2D eigenvalue weighted by molar-refractivity contribution is -0.00842. The molecule has 1 atom stereocenters. The molecule has 2 aromatic heterocycles. The Kier molecular flexibility index (Phi) is 7.58. The minimum atomic E-state index is -0.631. The maximum Gasteiger partial charge on any atom is 0.425 e. The van der Waals surface area contributed by atoms with Gasteiger partial charge in [0.25, 0.3) is 0 Å². The normalized spacial score (nSPS) is 17.5. The van der Waals surface area contributed by atoms with Crippen molar-refractivity contribution in [1.82, 2.24) is 30.4 Å². The molecule has 35 heavy (non-hydrogen) atoms. The zero-order chi connectivity index (χ0) is 25.2. The van der Waals surface area contributed by atoms with Crippen LogP contribution >= 0.6 is 11.6 Å². The number of nitrogens with zero attached hydrogens (tertiary/aromatic N) is 7. The van der Waals surface area contributed by atoms with Gasteiger partial charge in [0, 0.05) is 44.6 Å². The molecule has 2 aliphatic heterocycles. The van der Waals surface area contributed by atoms with Crippen LogP contribution in [0.3, 0.4) is 0 Å². The highest BCUT2D eigenvalue weighted by molar-refractivity contribution is 6.28. The van der Waals surface area contributed by atoms with Crippen molar-refractivity contribution in [1.29, 1.82) is 0 Å². The number of aromatic nitrogens is 4. The molecule has 2 saturated heterocycles. The van der Waals surface area contributed by atoms with Gasteiger partial charge in [-0.1, -0.05) is 13.3 Å². The Morgan fingerprint density at radius 3 is 2.40 bits per heavy atom. The van der Waals surface area contributed by atoms with Crippen molar-refractivity contribution in [3.8, 4) is 0 Å². The van der Waals surface area contributed by atoms with E-state index >= 15 is 0 Å². The number of hydrogen-bond acceptors (Lipinski definition) is 10. The van der Waals surface area contributed by atoms with Crippen LogP contribution in [0.25, 0.3) is 0 Å². The van der Waals surface area contributed by atoms with Crippen LogP contribution in [-0.4, -0.2) is 74.9 Å². The first-order chi connectivity index (χ1) is 16.6. The predicted molar refractivity (Wildman–Crippen MR) is 134 cm³/mol. The lowest BCUT2D eigenvalue weighted by Crippen LogP contribution is -2.65. The fraction of sp³-hybridized carbons (Fsp3) is 0.609. The Labute approximate surface area is 211 Å². The molecule has 190 valence electrons. The van der Waals surface area contributed by atoms with E-state index in [1.165, 1.54) is 0 Å². The summed E-state index contributed by atoms with van der Waals surface area (Å²) in [7, 11) is 0. The summed E-state index contributed by atoms with van der Waals surface area (Å²) in [5.41, 5.74) is 8.71. The van der Waals surface area contributed by atoms with Crippen LogP contribution in [-0.2, 0) is 4.74 Å². The number of carbonyl (C=O) groups is 1. The first kappa shape index (κ1) is 25.3. The minimum absolute atomic E-state index is 0.130. The molecule has 0 saturated carbocycles. The van der Waals surface area contributed by atoms with Crippen LogP contribution in [0.1, 0.15) is 52.4 Å². The molecule has 2 aromatic rings. The number of hydrazine groups is 1. The smallest absolute Gasteiger partial charge is 0.425 e. The van der Waals surface area contributed by atoms with Gasteiger partial charge in [0.2, 0.25) is 5.28 Å². The van der Waals surface area contributed by atoms with Crippen LogP contribution in [0.2, 0.25) is 5.28 Å². The highest BCUT2D eigenvalue weighted by atomic mass is 35.5. The van der Waals surface area contributed by atoms with Gasteiger partial charge in [0.15, 0.2) is 0 Å². The molecule has 4 rings (SSSR count). The van der Waals surface area contributed by atoms with E-state index in [2.05, 4.69) is 32.2 Å². The number of nitrogens with one attached hydrogen (secondary N) is 1. The van der Waals surface area contributed by atoms with E-state index in [1.54, 1.807) is 23.5 Å². The third-order valence-corrected chi connectivity index (χ3v) is 6.01. The Bertz CT molecular complexity index is 1020. The van der Waals surface area contributed by atoms with Gasteiger partial charge < -0.3 is 20.3 Å². The van der Waals surface area contributed by atoms with Crippen molar-refractivity contribution < 1.29 is 9.53 Å². The van der Waals surface area contributed by atoms with Gasteiger partial charge in [-0.3, -0.25) is 0 Å². The monoisotopic (exact) mass is 503 g/mol. The number of amides is 1. The molecule has 1 amide bonds. The van der Waals surface area contributed by atoms with Crippen LogP contribution in [0, 0.1) is 0 Å². The highest BCUT2D eigenvalue weighted by Crippen LogP contribution is 2.26. The molecular weight excluding hydrogens is 470 g/mol. The second-order valence-corrected chi connectivity index (χ2v) is 10.3. The SMILES string of the molecule is CCCC(NN(C(=O)OC(C)(C)C)C1CN(c2ccnc(Cl)n2)C1)c1nccc(N2CC(N)C2)n1. The zero-order valence-electron chi connectivity index (χ0n) is 20.7. The quantitative estimate of drug-likeness (QED) is 0.410. The van der Waals surface area contributed by atoms with Crippen molar-refractivity contribution in [3.63, 3.8) is 0 Å². The first-order valence-corrected chi connectivity index (χ1v) is 12.4. The second-order valence-electron chi connectivity index (χ2n) is 10.0. The van der Waals surface area contributed by atoms with Crippen LogP contribution in [0.4, 0.5) is 16.4 Å². The fourth-order valence-electron chi connectivity index (χ4n) is 4.04. The van der Waals surface area contributed by atoms with Gasteiger partial charge in [-0.15, -0.1) is 0 Å². The summed E-state index contributed by atoms with van der Waals surface area (Å²) in [6, 6.07) is 3.47. The maximum absolute atomic E-state index is 13.2. The molecule has 2 fully saturated rings. The van der Waals surface area contributed by atoms with Crippen LogP contribution < -0.4 is 21.0 Å². The first-order valence-electron chi connectivity index (χ1n) is 12.0. The third-order valence-electron chi connectivity index (χ3n) is 5.83. The topological polar surface area (TPSA) is 126 Å². The Morgan fingerprint density at radius 2 is 1.80 bits per heavy atom. The van der Waals surface area contributed by atoms with Gasteiger partial charge in [-0.05, 0) is 50.9 Å². The molecule has 0 bridgehead atoms. The summed E-state index contributed by atoms with van der Waals surface area (Å²) in [5.74, 6) is 2.20. The van der Waals surface area contributed by atoms with E-state index in [9.17, 15) is 4.79 Å². The van der Waals surface area contributed by atoms with E-state index in [4.69, 9.17) is 27.1 Å². The Hall–Kier alpha value is -2.76. The molecule has 1 unspecified atom stereocenters. The van der Waals surface area contributed by atoms with Crippen LogP contribution in [0.5, 0.6) is 0 Å². The summed E-state index contributed by atoms with van der Waals surface area (Å²) in [5, 5.41) is 1.77. The number of nitrogens with two attached hydrogens (primary N) is 1. The minimum Gasteiger partial charge on any atom is -0.443 e. The molecule has 0 aliphatic carbocycles. The van der Waals surface area contributed by atoms with E-state index in [0.29, 0.717) is 18.9 Å². The molecule has 0 aromatic carbocycles. The van der Waals surface area contributed by atoms with Gasteiger partial charge in [0.05, 0.1) is 12.1 Å². The summed E-state index contributed by atoms with van der Waals surface area (Å²) in [6.07, 6.45) is 4.58. The summed E-state index contributed by atoms with van der Waals surface area (Å²) in [6.45, 7) is 10.4. The number of rotatable bonds is 8. The molecule has 0 radical (unpaired) electrons. The third kappa shape index (κ3) is 6.28. The number of halogens is 1. The number of anilines is 2. The largest absolute Gasteiger partial charge is 0.443 e. The molecular formula is C23H34ClN9O2. The van der Waals surface area contributed by atoms with Crippen molar-refractivity contribution in [2.45, 2.75) is 64.3 Å². The zero-order valence-corrected chi connectivity index (χ0v) is 21.4. The average Bonchev–Trinajstić information content (AvgIpc) is 2.73. The lowest BCUT2D eigenvalue weighted by atomic mass is 10.1. The van der Waals surface area contributed by atoms with Gasteiger partial charge in [0.1, 0.15) is 23.1 Å². The van der Waals surface area contributed by atoms with Crippen molar-refractivity contribution in [2.75, 3.05) is 36.0 Å². The van der Waals surface area contributed by atoms with Gasteiger partial charge in [-0.2, -0.15) is 0 Å². The van der Waals surface area contributed by atoms with Gasteiger partial charge >= 0.3 is 6.09 Å². The van der Waals surface area contributed by atoms with Crippen LogP contribution in [0.15, 0.2) is 24.5 Å². The van der Waals surface area contributed by atoms with Gasteiger partial charge in [-0.25, -0.2) is 35.2 Å². The number of hydrogen-bond donors (Lipinski definition) is 2. The molecule has 4 heterocycles. The van der Waals surface area contributed by atoms with Crippen molar-refractivity contribution >= 4 is 29.3 Å². The van der Waals surface area contributed by atoms with E-state index in [-0.39, 0.29) is 23.4 Å². The number of carbonyl (C=O) groups excluding carboxylic acids is 1. The second kappa shape index (κ2) is 10.5. The summed E-state index contributed by atoms with van der Waals surface area (Å²) >= 11 is 5.95. The van der Waals surface area contributed by atoms with E-state index < -0.39 is 11.7 Å². The average molecular weight is 504 g/mol. The Balaban J connectivity index is 1.52. The molecule has 3 N–H and O–H groups in total. The summed E-state index contributed by atoms with van der Waals surface area (Å²) in [4.78, 5) is 34.9. The highest BCUT2D eigenvalue weighted by Gasteiger charge is 2.39. The van der Waals surface area contributed by atoms with Crippen molar-refractivity contribution in [3.05, 3.63) is 35.6 Å². The lowest BCUT2D eigenvalue weighted by Gasteiger charge is -2.46. The number of ether oxygens (including phenoxy) is 1. The molecule has 12 heteroatoms. The summed E-state index contributed by atoms with van der Waals surface area (Å²) < 4.78 is 5.73. The molecule has 2 aliphatic rings. The maximum atomic E-state index is 13.2. The standard InChI is InChI=1S/C23H34ClN9O2/c1-5-6-17(20-26-9-7-18(28-20)31-11-15(25)12-31)30-33(22(34)35-23(2,3)4)16-13-32(14-16)19-8-10-27-21(24)29-19/h7-10,15-17,30H,5-6,11-14,25H2,1-4H3. The molecule has 11 nitrogen and oxygen atoms in total. The van der Waals surface area contributed by atoms with Crippen molar-refractivity contribution in [2.24, 2.45) is 5.73 Å². The molecule has 0 spiro atoms. The Morgan fingerprint density at radius 1 is 1.17 bits per heavy atom.